The minimum absolute atomic E-state index is 0.177. The molecular formula is C29H24N2O. The standard InChI is InChI=1S/C29H24N2O/c32-29(28(25-17-9-3-10-18-25)26-19-11-4-12-20-26)31-30-27(24-15-7-2-8-16-24)22-21-23-13-5-1-6-14-23/h1-22,28H,(H,31,32)/b22-21-,30-27+. The largest absolute Gasteiger partial charge is 0.272 e. The van der Waals surface area contributed by atoms with E-state index in [0.717, 1.165) is 22.3 Å². The number of allylic oxidation sites excluding steroid dienone is 1. The van der Waals surface area contributed by atoms with E-state index in [4.69, 9.17) is 0 Å². The minimum atomic E-state index is -0.448. The monoisotopic (exact) mass is 416 g/mol. The third-order valence-electron chi connectivity index (χ3n) is 5.12. The summed E-state index contributed by atoms with van der Waals surface area (Å²) in [4.78, 5) is 13.3. The van der Waals surface area contributed by atoms with Crippen molar-refractivity contribution in [3.8, 4) is 0 Å². The molecule has 0 aliphatic carbocycles. The van der Waals surface area contributed by atoms with E-state index >= 15 is 0 Å². The fraction of sp³-hybridized carbons (Fsp3) is 0.0345. The zero-order valence-corrected chi connectivity index (χ0v) is 17.6. The van der Waals surface area contributed by atoms with Gasteiger partial charge >= 0.3 is 0 Å². The van der Waals surface area contributed by atoms with Crippen LogP contribution in [-0.2, 0) is 4.79 Å². The quantitative estimate of drug-likeness (QED) is 0.289. The van der Waals surface area contributed by atoms with Crippen LogP contribution in [0.25, 0.3) is 6.08 Å². The number of rotatable bonds is 7. The molecule has 3 nitrogen and oxygen atoms in total. The number of carbonyl (C=O) groups is 1. The Kier molecular flexibility index (Phi) is 7.02. The predicted octanol–water partition coefficient (Wildman–Crippen LogP) is 6.05. The lowest BCUT2D eigenvalue weighted by Gasteiger charge is -2.16. The molecule has 0 saturated carbocycles. The molecule has 0 heterocycles. The summed E-state index contributed by atoms with van der Waals surface area (Å²) in [6.07, 6.45) is 3.91. The second-order valence-electron chi connectivity index (χ2n) is 7.34. The lowest BCUT2D eigenvalue weighted by Crippen LogP contribution is -2.27. The van der Waals surface area contributed by atoms with Gasteiger partial charge in [-0.3, -0.25) is 4.79 Å². The number of benzene rings is 4. The van der Waals surface area contributed by atoms with E-state index in [2.05, 4.69) is 10.5 Å². The maximum atomic E-state index is 13.3. The first kappa shape index (κ1) is 21.0. The molecule has 3 heteroatoms. The van der Waals surface area contributed by atoms with E-state index in [9.17, 15) is 4.79 Å². The summed E-state index contributed by atoms with van der Waals surface area (Å²) in [6, 6.07) is 39.4. The van der Waals surface area contributed by atoms with E-state index < -0.39 is 5.92 Å². The summed E-state index contributed by atoms with van der Waals surface area (Å²) in [5, 5.41) is 4.51. The van der Waals surface area contributed by atoms with Gasteiger partial charge < -0.3 is 0 Å². The number of hydrazone groups is 1. The maximum absolute atomic E-state index is 13.3. The van der Waals surface area contributed by atoms with E-state index in [1.807, 2.05) is 133 Å². The van der Waals surface area contributed by atoms with Crippen molar-refractivity contribution in [1.29, 1.82) is 0 Å². The Balaban J connectivity index is 1.64. The summed E-state index contributed by atoms with van der Waals surface area (Å²) in [7, 11) is 0. The average molecular weight is 417 g/mol. The second-order valence-corrected chi connectivity index (χ2v) is 7.34. The molecule has 0 aliphatic heterocycles. The molecule has 0 atom stereocenters. The molecule has 0 aromatic heterocycles. The third kappa shape index (κ3) is 5.46. The van der Waals surface area contributed by atoms with Gasteiger partial charge in [-0.15, -0.1) is 0 Å². The zero-order chi connectivity index (χ0) is 22.0. The van der Waals surface area contributed by atoms with Crippen molar-refractivity contribution < 1.29 is 4.79 Å². The number of hydrogen-bond acceptors (Lipinski definition) is 2. The SMILES string of the molecule is O=C(N/N=C(\C=C/c1ccccc1)c1ccccc1)C(c1ccccc1)c1ccccc1. The fourth-order valence-corrected chi connectivity index (χ4v) is 3.51. The van der Waals surface area contributed by atoms with Crippen molar-refractivity contribution in [2.45, 2.75) is 5.92 Å². The van der Waals surface area contributed by atoms with Crippen LogP contribution in [0.15, 0.2) is 133 Å². The Morgan fingerprint density at radius 3 is 1.66 bits per heavy atom. The molecule has 0 saturated heterocycles. The van der Waals surface area contributed by atoms with Gasteiger partial charge in [-0.25, -0.2) is 5.43 Å². The van der Waals surface area contributed by atoms with Crippen LogP contribution >= 0.6 is 0 Å². The number of hydrogen-bond donors (Lipinski definition) is 1. The van der Waals surface area contributed by atoms with Crippen LogP contribution in [0.2, 0.25) is 0 Å². The molecule has 0 aliphatic rings. The van der Waals surface area contributed by atoms with Crippen molar-refractivity contribution in [2.75, 3.05) is 0 Å². The normalized spacial score (nSPS) is 11.6. The number of carbonyl (C=O) groups excluding carboxylic acids is 1. The van der Waals surface area contributed by atoms with E-state index in [1.165, 1.54) is 0 Å². The van der Waals surface area contributed by atoms with Crippen molar-refractivity contribution in [2.24, 2.45) is 5.10 Å². The molecule has 0 fully saturated rings. The first-order valence-electron chi connectivity index (χ1n) is 10.6. The van der Waals surface area contributed by atoms with Crippen LogP contribution in [0.1, 0.15) is 28.2 Å². The summed E-state index contributed by atoms with van der Waals surface area (Å²) in [5.41, 5.74) is 7.33. The van der Waals surface area contributed by atoms with Crippen molar-refractivity contribution in [1.82, 2.24) is 5.43 Å². The minimum Gasteiger partial charge on any atom is -0.272 e. The van der Waals surface area contributed by atoms with Gasteiger partial charge in [-0.1, -0.05) is 127 Å². The highest BCUT2D eigenvalue weighted by Gasteiger charge is 2.22. The Morgan fingerprint density at radius 2 is 1.12 bits per heavy atom. The van der Waals surface area contributed by atoms with Crippen LogP contribution in [-0.4, -0.2) is 11.6 Å². The molecule has 1 N–H and O–H groups in total. The molecule has 32 heavy (non-hydrogen) atoms. The fourth-order valence-electron chi connectivity index (χ4n) is 3.51. The number of nitrogens with one attached hydrogen (secondary N) is 1. The van der Waals surface area contributed by atoms with Gasteiger partial charge in [0.1, 0.15) is 0 Å². The summed E-state index contributed by atoms with van der Waals surface area (Å²) < 4.78 is 0. The maximum Gasteiger partial charge on any atom is 0.252 e. The molecular weight excluding hydrogens is 392 g/mol. The molecule has 4 rings (SSSR count). The topological polar surface area (TPSA) is 41.5 Å². The lowest BCUT2D eigenvalue weighted by atomic mass is 9.91. The third-order valence-corrected chi connectivity index (χ3v) is 5.12. The van der Waals surface area contributed by atoms with Crippen LogP contribution in [0.4, 0.5) is 0 Å². The van der Waals surface area contributed by atoms with Gasteiger partial charge in [0.25, 0.3) is 5.91 Å². The van der Waals surface area contributed by atoms with Gasteiger partial charge in [-0.05, 0) is 22.8 Å². The van der Waals surface area contributed by atoms with E-state index in [-0.39, 0.29) is 5.91 Å². The Morgan fingerprint density at radius 1 is 0.656 bits per heavy atom. The van der Waals surface area contributed by atoms with Gasteiger partial charge in [0.2, 0.25) is 0 Å². The first-order valence-corrected chi connectivity index (χ1v) is 10.6. The van der Waals surface area contributed by atoms with Gasteiger partial charge in [0.05, 0.1) is 11.6 Å². The molecule has 4 aromatic carbocycles. The predicted molar refractivity (Wildman–Crippen MR) is 131 cm³/mol. The van der Waals surface area contributed by atoms with Gasteiger partial charge in [0.15, 0.2) is 0 Å². The van der Waals surface area contributed by atoms with Crippen LogP contribution in [0, 0.1) is 0 Å². The number of nitrogens with zero attached hydrogens (tertiary/aromatic N) is 1. The van der Waals surface area contributed by atoms with Crippen molar-refractivity contribution in [3.05, 3.63) is 150 Å². The molecule has 1 amide bonds. The highest BCUT2D eigenvalue weighted by atomic mass is 16.2. The Bertz CT molecular complexity index is 1150. The summed E-state index contributed by atoms with van der Waals surface area (Å²) in [6.45, 7) is 0. The highest BCUT2D eigenvalue weighted by molar-refractivity contribution is 6.11. The second kappa shape index (κ2) is 10.7. The van der Waals surface area contributed by atoms with E-state index in [0.29, 0.717) is 5.71 Å². The molecule has 0 radical (unpaired) electrons. The van der Waals surface area contributed by atoms with E-state index in [1.54, 1.807) is 0 Å². The van der Waals surface area contributed by atoms with Gasteiger partial charge in [0, 0.05) is 5.56 Å². The molecule has 156 valence electrons. The molecule has 0 bridgehead atoms. The molecule has 0 spiro atoms. The molecule has 4 aromatic rings. The van der Waals surface area contributed by atoms with Crippen LogP contribution in [0.5, 0.6) is 0 Å². The molecule has 0 unspecified atom stereocenters. The van der Waals surface area contributed by atoms with Crippen molar-refractivity contribution >= 4 is 17.7 Å². The van der Waals surface area contributed by atoms with Crippen LogP contribution in [0.3, 0.4) is 0 Å². The van der Waals surface area contributed by atoms with Gasteiger partial charge in [-0.2, -0.15) is 5.10 Å². The Hall–Kier alpha value is -4.24. The highest BCUT2D eigenvalue weighted by Crippen LogP contribution is 2.24. The summed E-state index contributed by atoms with van der Waals surface area (Å²) in [5.74, 6) is -0.625. The van der Waals surface area contributed by atoms with Crippen molar-refractivity contribution in [3.63, 3.8) is 0 Å². The Labute approximate surface area is 188 Å². The zero-order valence-electron chi connectivity index (χ0n) is 17.6. The smallest absolute Gasteiger partial charge is 0.252 e. The first-order chi connectivity index (χ1) is 15.8. The summed E-state index contributed by atoms with van der Waals surface area (Å²) >= 11 is 0. The van der Waals surface area contributed by atoms with Crippen LogP contribution < -0.4 is 5.43 Å². The average Bonchev–Trinajstić information content (AvgIpc) is 2.87. The lowest BCUT2D eigenvalue weighted by molar-refractivity contribution is -0.121. The number of amides is 1.